The number of carbonyl (C=O) groups is 2. The maximum absolute atomic E-state index is 12.7. The van der Waals surface area contributed by atoms with Gasteiger partial charge in [-0.1, -0.05) is 11.6 Å². The van der Waals surface area contributed by atoms with Gasteiger partial charge in [-0.25, -0.2) is 0 Å². The van der Waals surface area contributed by atoms with Crippen molar-refractivity contribution in [3.05, 3.63) is 28.8 Å². The Bertz CT molecular complexity index is 856. The van der Waals surface area contributed by atoms with E-state index < -0.39 is 12.0 Å². The van der Waals surface area contributed by atoms with E-state index in [0.29, 0.717) is 10.8 Å². The number of aryl methyl sites for hydroxylation is 1. The van der Waals surface area contributed by atoms with Crippen molar-refractivity contribution in [3.8, 4) is 0 Å². The molecule has 126 valence electrons. The molecule has 0 N–H and O–H groups in total. The fourth-order valence-corrected chi connectivity index (χ4v) is 3.13. The average Bonchev–Trinajstić information content (AvgIpc) is 2.74. The number of hydrogen-bond donors (Lipinski definition) is 0. The SMILES string of the molecule is CCOC(=O)CN1C(=O)C(C)N=Cc2c1n(C)c1ccc(Cl)cc21. The first-order valence-corrected chi connectivity index (χ1v) is 8.10. The molecular weight excluding hydrogens is 330 g/mol. The first-order valence-electron chi connectivity index (χ1n) is 7.72. The highest BCUT2D eigenvalue weighted by Crippen LogP contribution is 2.34. The lowest BCUT2D eigenvalue weighted by Gasteiger charge is -2.23. The van der Waals surface area contributed by atoms with Crippen LogP contribution in [0.1, 0.15) is 19.4 Å². The highest BCUT2D eigenvalue weighted by atomic mass is 35.5. The molecular formula is C17H18ClN3O3. The van der Waals surface area contributed by atoms with E-state index in [-0.39, 0.29) is 19.1 Å². The predicted octanol–water partition coefficient (Wildman–Crippen LogP) is 2.55. The zero-order valence-electron chi connectivity index (χ0n) is 13.7. The fourth-order valence-electron chi connectivity index (χ4n) is 2.95. The molecule has 2 heterocycles. The summed E-state index contributed by atoms with van der Waals surface area (Å²) >= 11 is 6.12. The summed E-state index contributed by atoms with van der Waals surface area (Å²) in [6.45, 7) is 3.56. The van der Waals surface area contributed by atoms with Crippen LogP contribution in [0.2, 0.25) is 5.02 Å². The first kappa shape index (κ1) is 16.5. The highest BCUT2D eigenvalue weighted by Gasteiger charge is 2.31. The number of benzene rings is 1. The Morgan fingerprint density at radius 2 is 2.17 bits per heavy atom. The van der Waals surface area contributed by atoms with Crippen molar-refractivity contribution in [2.45, 2.75) is 19.9 Å². The van der Waals surface area contributed by atoms with Crippen LogP contribution in [0, 0.1) is 0 Å². The molecule has 0 radical (unpaired) electrons. The molecule has 0 fully saturated rings. The summed E-state index contributed by atoms with van der Waals surface area (Å²) in [6.07, 6.45) is 1.68. The third kappa shape index (κ3) is 2.67. The van der Waals surface area contributed by atoms with Gasteiger partial charge in [0.2, 0.25) is 0 Å². The normalized spacial score (nSPS) is 17.1. The number of aromatic nitrogens is 1. The van der Waals surface area contributed by atoms with Crippen molar-refractivity contribution in [1.82, 2.24) is 4.57 Å². The van der Waals surface area contributed by atoms with Gasteiger partial charge < -0.3 is 9.30 Å². The molecule has 1 aromatic carbocycles. The molecule has 24 heavy (non-hydrogen) atoms. The minimum atomic E-state index is -0.568. The van der Waals surface area contributed by atoms with E-state index >= 15 is 0 Å². The summed E-state index contributed by atoms with van der Waals surface area (Å²) in [7, 11) is 1.85. The quantitative estimate of drug-likeness (QED) is 0.801. The smallest absolute Gasteiger partial charge is 0.326 e. The van der Waals surface area contributed by atoms with Gasteiger partial charge >= 0.3 is 5.97 Å². The van der Waals surface area contributed by atoms with E-state index in [1.807, 2.05) is 23.7 Å². The molecule has 1 aliphatic rings. The van der Waals surface area contributed by atoms with Gasteiger partial charge in [0, 0.05) is 29.2 Å². The number of fused-ring (bicyclic) bond motifs is 3. The molecule has 1 aliphatic heterocycles. The van der Waals surface area contributed by atoms with Crippen LogP contribution in [0.25, 0.3) is 10.9 Å². The van der Waals surface area contributed by atoms with Crippen LogP contribution >= 0.6 is 11.6 Å². The van der Waals surface area contributed by atoms with Crippen LogP contribution in [0.15, 0.2) is 23.2 Å². The van der Waals surface area contributed by atoms with Crippen LogP contribution in [0.4, 0.5) is 5.82 Å². The van der Waals surface area contributed by atoms with E-state index in [0.717, 1.165) is 16.5 Å². The Hall–Kier alpha value is -2.34. The van der Waals surface area contributed by atoms with Gasteiger partial charge in [-0.15, -0.1) is 0 Å². The van der Waals surface area contributed by atoms with Gasteiger partial charge in [0.25, 0.3) is 5.91 Å². The van der Waals surface area contributed by atoms with Gasteiger partial charge in [-0.3, -0.25) is 19.5 Å². The third-order valence-electron chi connectivity index (χ3n) is 4.07. The molecule has 2 aromatic rings. The van der Waals surface area contributed by atoms with Gasteiger partial charge in [0.1, 0.15) is 18.4 Å². The topological polar surface area (TPSA) is 63.9 Å². The molecule has 3 rings (SSSR count). The lowest BCUT2D eigenvalue weighted by Crippen LogP contribution is -2.41. The summed E-state index contributed by atoms with van der Waals surface area (Å²) in [5.41, 5.74) is 1.68. The van der Waals surface area contributed by atoms with Crippen molar-refractivity contribution in [2.24, 2.45) is 12.0 Å². The monoisotopic (exact) mass is 347 g/mol. The van der Waals surface area contributed by atoms with Crippen molar-refractivity contribution >= 4 is 46.4 Å². The van der Waals surface area contributed by atoms with E-state index in [4.69, 9.17) is 16.3 Å². The number of amides is 1. The minimum absolute atomic E-state index is 0.148. The van der Waals surface area contributed by atoms with Crippen LogP contribution in [-0.2, 0) is 21.4 Å². The molecule has 0 spiro atoms. The largest absolute Gasteiger partial charge is 0.465 e. The number of nitrogens with zero attached hydrogens (tertiary/aromatic N) is 3. The van der Waals surface area contributed by atoms with E-state index in [2.05, 4.69) is 4.99 Å². The van der Waals surface area contributed by atoms with E-state index in [1.54, 1.807) is 26.1 Å². The van der Waals surface area contributed by atoms with Gasteiger partial charge in [-0.05, 0) is 32.0 Å². The second kappa shape index (κ2) is 6.28. The maximum atomic E-state index is 12.7. The van der Waals surface area contributed by atoms with Crippen LogP contribution < -0.4 is 4.90 Å². The number of esters is 1. The zero-order valence-corrected chi connectivity index (χ0v) is 14.5. The second-order valence-electron chi connectivity index (χ2n) is 5.64. The maximum Gasteiger partial charge on any atom is 0.326 e. The summed E-state index contributed by atoms with van der Waals surface area (Å²) < 4.78 is 6.89. The lowest BCUT2D eigenvalue weighted by molar-refractivity contribution is -0.142. The molecule has 0 bridgehead atoms. The zero-order chi connectivity index (χ0) is 17.4. The number of anilines is 1. The summed E-state index contributed by atoms with van der Waals surface area (Å²) in [4.78, 5) is 30.4. The molecule has 1 unspecified atom stereocenters. The van der Waals surface area contributed by atoms with Gasteiger partial charge in [0.05, 0.1) is 12.1 Å². The summed E-state index contributed by atoms with van der Waals surface area (Å²) in [5.74, 6) is -0.0670. The molecule has 0 saturated heterocycles. The molecule has 0 saturated carbocycles. The number of hydrogen-bond acceptors (Lipinski definition) is 4. The molecule has 6 nitrogen and oxygen atoms in total. The average molecular weight is 348 g/mol. The molecule has 7 heteroatoms. The van der Waals surface area contributed by atoms with Crippen molar-refractivity contribution in [3.63, 3.8) is 0 Å². The Kier molecular flexibility index (Phi) is 4.32. The Morgan fingerprint density at radius 3 is 2.88 bits per heavy atom. The molecule has 1 amide bonds. The minimum Gasteiger partial charge on any atom is -0.465 e. The molecule has 0 aliphatic carbocycles. The van der Waals surface area contributed by atoms with E-state index in [1.165, 1.54) is 4.90 Å². The number of carbonyl (C=O) groups excluding carboxylic acids is 2. The molecule has 1 aromatic heterocycles. The van der Waals surface area contributed by atoms with Crippen molar-refractivity contribution in [2.75, 3.05) is 18.1 Å². The molecule has 1 atom stereocenters. The summed E-state index contributed by atoms with van der Waals surface area (Å²) in [6, 6.07) is 4.95. The Labute approximate surface area is 144 Å². The second-order valence-corrected chi connectivity index (χ2v) is 6.08. The first-order chi connectivity index (χ1) is 11.4. The third-order valence-corrected chi connectivity index (χ3v) is 4.30. The van der Waals surface area contributed by atoms with Crippen LogP contribution in [-0.4, -0.2) is 41.9 Å². The number of ether oxygens (including phenoxy) is 1. The van der Waals surface area contributed by atoms with Gasteiger partial charge in [-0.2, -0.15) is 0 Å². The lowest BCUT2D eigenvalue weighted by atomic mass is 10.2. The van der Waals surface area contributed by atoms with Gasteiger partial charge in [0.15, 0.2) is 0 Å². The standard InChI is InChI=1S/C17H18ClN3O3/c1-4-24-15(22)9-21-16-13(8-19-10(2)17(21)23)12-7-11(18)5-6-14(12)20(16)3/h5-8,10H,4,9H2,1-3H3. The Balaban J connectivity index is 2.20. The fraction of sp³-hybridized carbons (Fsp3) is 0.353. The highest BCUT2D eigenvalue weighted by molar-refractivity contribution is 6.31. The van der Waals surface area contributed by atoms with Crippen molar-refractivity contribution in [1.29, 1.82) is 0 Å². The Morgan fingerprint density at radius 1 is 1.42 bits per heavy atom. The predicted molar refractivity (Wildman–Crippen MR) is 94.0 cm³/mol. The van der Waals surface area contributed by atoms with Crippen LogP contribution in [0.3, 0.4) is 0 Å². The number of rotatable bonds is 3. The van der Waals surface area contributed by atoms with E-state index in [9.17, 15) is 9.59 Å². The van der Waals surface area contributed by atoms with Crippen LogP contribution in [0.5, 0.6) is 0 Å². The number of aliphatic imine (C=N–C) groups is 1. The van der Waals surface area contributed by atoms with Crippen molar-refractivity contribution < 1.29 is 14.3 Å². The number of halogens is 1. The summed E-state index contributed by atoms with van der Waals surface area (Å²) in [5, 5.41) is 1.49.